The van der Waals surface area contributed by atoms with E-state index in [0.29, 0.717) is 64.0 Å². The van der Waals surface area contributed by atoms with Crippen LogP contribution in [0.2, 0.25) is 0 Å². The number of carbonyl (C=O) groups is 3. The highest BCUT2D eigenvalue weighted by Crippen LogP contribution is 2.54. The van der Waals surface area contributed by atoms with Gasteiger partial charge < -0.3 is 19.2 Å². The van der Waals surface area contributed by atoms with Crippen LogP contribution in [0.5, 0.6) is 0 Å². The van der Waals surface area contributed by atoms with Gasteiger partial charge >= 0.3 is 5.97 Å². The molecular weight excluding hydrogens is 1130 g/mol. The van der Waals surface area contributed by atoms with Gasteiger partial charge in [0.05, 0.1) is 33.1 Å². The number of nitrogens with zero attached hydrogens (tertiary/aromatic N) is 4. The lowest BCUT2D eigenvalue weighted by molar-refractivity contribution is -0.437. The van der Waals surface area contributed by atoms with Crippen LogP contribution in [-0.4, -0.2) is 131 Å². The third-order valence-electron chi connectivity index (χ3n) is 14.8. The molecule has 0 aromatic heterocycles. The summed E-state index contributed by atoms with van der Waals surface area (Å²) in [4.78, 5) is 47.0. The lowest BCUT2D eigenvalue weighted by Crippen LogP contribution is -2.33. The monoisotopic (exact) mass is 1190 g/mol. The summed E-state index contributed by atoms with van der Waals surface area (Å²) in [5.41, 5.74) is 1.06. The third-order valence-corrected chi connectivity index (χ3v) is 18.2. The molecular formula is C55H57N4O18S4+. The van der Waals surface area contributed by atoms with Gasteiger partial charge in [0.1, 0.15) is 11.4 Å². The molecule has 5 aromatic carbocycles. The molecule has 3 heterocycles. The Morgan fingerprint density at radius 2 is 1.41 bits per heavy atom. The van der Waals surface area contributed by atoms with Crippen LogP contribution < -0.4 is 4.90 Å². The van der Waals surface area contributed by atoms with Crippen LogP contribution >= 0.6 is 0 Å². The molecule has 2 unspecified atom stereocenters. The normalized spacial score (nSPS) is 19.4. The van der Waals surface area contributed by atoms with Crippen LogP contribution in [0.25, 0.3) is 32.0 Å². The van der Waals surface area contributed by atoms with E-state index < -0.39 is 84.6 Å². The summed E-state index contributed by atoms with van der Waals surface area (Å²) in [6, 6.07) is 16.6. The molecule has 0 saturated carbocycles. The van der Waals surface area contributed by atoms with Crippen molar-refractivity contribution in [2.45, 2.75) is 84.8 Å². The second kappa shape index (κ2) is 22.7. The first-order valence-electron chi connectivity index (χ1n) is 25.2. The van der Waals surface area contributed by atoms with Crippen LogP contribution in [0.3, 0.4) is 0 Å². The van der Waals surface area contributed by atoms with E-state index in [4.69, 9.17) is 20.9 Å². The summed E-state index contributed by atoms with van der Waals surface area (Å²) < 4.78 is 155. The quantitative estimate of drug-likeness (QED) is 0.0178. The fourth-order valence-electron chi connectivity index (χ4n) is 11.0. The number of benzene rings is 5. The van der Waals surface area contributed by atoms with Crippen molar-refractivity contribution < 1.29 is 85.2 Å². The number of imide groups is 1. The Hall–Kier alpha value is -7.03. The van der Waals surface area contributed by atoms with E-state index in [1.807, 2.05) is 32.1 Å². The van der Waals surface area contributed by atoms with Gasteiger partial charge in [-0.2, -0.15) is 38.2 Å². The van der Waals surface area contributed by atoms with E-state index in [-0.39, 0.29) is 83.5 Å². The minimum Gasteiger partial charge on any atom is -0.385 e. The van der Waals surface area contributed by atoms with Gasteiger partial charge in [-0.3, -0.25) is 27.8 Å². The molecule has 0 bridgehead atoms. The van der Waals surface area contributed by atoms with Crippen molar-refractivity contribution in [3.05, 3.63) is 136 Å². The van der Waals surface area contributed by atoms with E-state index >= 15 is 0 Å². The topological polar surface area (TPSA) is 310 Å². The maximum absolute atomic E-state index is 13.5. The number of hydroxylamine groups is 2. The zero-order chi connectivity index (χ0) is 59.2. The average Bonchev–Trinajstić information content (AvgIpc) is 3.67. The van der Waals surface area contributed by atoms with Crippen molar-refractivity contribution in [1.29, 1.82) is 0 Å². The van der Waals surface area contributed by atoms with E-state index in [1.54, 1.807) is 36.1 Å². The summed E-state index contributed by atoms with van der Waals surface area (Å²) >= 11 is 0. The molecule has 26 heteroatoms. The molecule has 4 N–H and O–H groups in total. The number of methoxy groups -OCH3 is 2. The summed E-state index contributed by atoms with van der Waals surface area (Å²) in [5.74, 6) is -3.26. The van der Waals surface area contributed by atoms with Crippen LogP contribution in [0.15, 0.2) is 117 Å². The van der Waals surface area contributed by atoms with Gasteiger partial charge in [0.15, 0.2) is 11.4 Å². The smallest absolute Gasteiger partial charge is 0.362 e. The minimum absolute atomic E-state index is 0.0167. The molecule has 5 aromatic rings. The highest BCUT2D eigenvalue weighted by Gasteiger charge is 2.49. The van der Waals surface area contributed by atoms with Gasteiger partial charge in [-0.05, 0) is 127 Å². The number of hydrogen-bond acceptors (Lipinski definition) is 15. The highest BCUT2D eigenvalue weighted by atomic mass is 32.2. The summed E-state index contributed by atoms with van der Waals surface area (Å²) in [5, 5.41) is 1.44. The number of amides is 2. The Balaban J connectivity index is 1.42. The molecule has 1 saturated heterocycles. The molecule has 2 atom stereocenters. The third kappa shape index (κ3) is 11.9. The van der Waals surface area contributed by atoms with E-state index in [1.165, 1.54) is 56.7 Å². The largest absolute Gasteiger partial charge is 0.385 e. The molecule has 3 aliphatic heterocycles. The van der Waals surface area contributed by atoms with Crippen LogP contribution in [0, 0.1) is 6.57 Å². The van der Waals surface area contributed by atoms with Gasteiger partial charge in [0.25, 0.3) is 52.3 Å². The lowest BCUT2D eigenvalue weighted by atomic mass is 9.74. The summed E-state index contributed by atoms with van der Waals surface area (Å²) in [6.45, 7) is 14.7. The molecule has 81 heavy (non-hydrogen) atoms. The first-order valence-corrected chi connectivity index (χ1v) is 31.1. The van der Waals surface area contributed by atoms with Gasteiger partial charge in [0.2, 0.25) is 5.69 Å². The van der Waals surface area contributed by atoms with Crippen molar-refractivity contribution in [2.24, 2.45) is 0 Å². The summed E-state index contributed by atoms with van der Waals surface area (Å²) in [7, 11) is -16.5. The van der Waals surface area contributed by atoms with Crippen molar-refractivity contribution in [3.8, 4) is 0 Å². The van der Waals surface area contributed by atoms with E-state index in [0.717, 1.165) is 17.3 Å². The fourth-order valence-corrected chi connectivity index (χ4v) is 13.4. The standard InChI is InChI=1S/C55H56N4O18S4/c1-7-25-57-44-17-11-35-9-14-37(79(66,67)68)31-41(35)51(44)54(2,23-27-75-5)47(57)19-12-34(39-15-10-36(30-43(39)56-4)53(62)77-59-49(60)21-22-50(59)61)13-20-48-55(3,24-28-76-6)52-42-32-38(80(69,70)71)33-46(81(72,73)74)40(42)16-18-45(52)58(48)26-8-29-78(63,64)65/h9-20,30-33H,7-8,21-29H2,1-3,5-6H3,(H3-,63,64,65,66,67,68,69,70,71,72,73,74)/p+1. The highest BCUT2D eigenvalue weighted by molar-refractivity contribution is 7.87. The zero-order valence-corrected chi connectivity index (χ0v) is 47.7. The van der Waals surface area contributed by atoms with Crippen molar-refractivity contribution >= 4 is 108 Å². The molecule has 0 radical (unpaired) electrons. The van der Waals surface area contributed by atoms with E-state index in [2.05, 4.69) is 9.42 Å². The average molecular weight is 1190 g/mol. The molecule has 22 nitrogen and oxygen atoms in total. The molecule has 3 aliphatic rings. The number of allylic oxidation sites excluding steroid dienone is 6. The van der Waals surface area contributed by atoms with Gasteiger partial charge in [-0.1, -0.05) is 31.2 Å². The Morgan fingerprint density at radius 1 is 0.765 bits per heavy atom. The molecule has 428 valence electrons. The number of carbonyl (C=O) groups excluding carboxylic acids is 3. The Kier molecular flexibility index (Phi) is 16.9. The number of rotatable bonds is 21. The number of ether oxygens (including phenoxy) is 2. The SMILES string of the molecule is [C-]#[N+]c1cc(C(=O)ON2C(=O)CCC2=O)ccc1C(=C\C=C1\N(CCCS(=O)(=O)O)c2ccc3c(S(=O)(=O)O)cc(S(=O)(=O)O)cc3c2C1(C)CCOC)/C=C/C1=[N+](CCC)c2ccc3ccc(S(=O)(=O)O)cc3c2C1(C)CCOC. The van der Waals surface area contributed by atoms with Crippen LogP contribution in [-0.2, 0) is 75.2 Å². The summed E-state index contributed by atoms with van der Waals surface area (Å²) in [6.07, 6.45) is 7.35. The Labute approximate surface area is 468 Å². The molecule has 8 rings (SSSR count). The fraction of sp³-hybridized carbons (Fsp3) is 0.327. The first kappa shape index (κ1) is 60.1. The van der Waals surface area contributed by atoms with Crippen molar-refractivity contribution in [3.63, 3.8) is 0 Å². The van der Waals surface area contributed by atoms with Gasteiger partial charge in [-0.25, -0.2) is 9.64 Å². The predicted octanol–water partition coefficient (Wildman–Crippen LogP) is 7.92. The van der Waals surface area contributed by atoms with Gasteiger partial charge in [-0.15, -0.1) is 5.06 Å². The van der Waals surface area contributed by atoms with Crippen molar-refractivity contribution in [2.75, 3.05) is 51.2 Å². The van der Waals surface area contributed by atoms with Crippen molar-refractivity contribution in [1.82, 2.24) is 5.06 Å². The molecule has 2 amide bonds. The maximum atomic E-state index is 13.5. The van der Waals surface area contributed by atoms with Crippen LogP contribution in [0.1, 0.15) is 86.3 Å². The molecule has 0 aliphatic carbocycles. The van der Waals surface area contributed by atoms with Crippen LogP contribution in [0.4, 0.5) is 17.1 Å². The number of fused-ring (bicyclic) bond motifs is 6. The lowest BCUT2D eigenvalue weighted by Gasteiger charge is -2.31. The second-order valence-corrected chi connectivity index (χ2v) is 25.8. The molecule has 0 spiro atoms. The zero-order valence-electron chi connectivity index (χ0n) is 44.4. The maximum Gasteiger partial charge on any atom is 0.362 e. The van der Waals surface area contributed by atoms with Gasteiger partial charge in [0, 0.05) is 93.1 Å². The first-order chi connectivity index (χ1) is 38.0. The molecule has 1 fully saturated rings. The Morgan fingerprint density at radius 3 is 2.01 bits per heavy atom. The Bertz CT molecular complexity index is 4110. The van der Waals surface area contributed by atoms with E-state index in [9.17, 15) is 66.3 Å². The second-order valence-electron chi connectivity index (χ2n) is 20.0. The predicted molar refractivity (Wildman–Crippen MR) is 298 cm³/mol. The minimum atomic E-state index is -5.16. The number of anilines is 1. The number of hydrogen-bond donors (Lipinski definition) is 4.